The predicted molar refractivity (Wildman–Crippen MR) is 79.3 cm³/mol. The molecule has 0 fully saturated rings. The summed E-state index contributed by atoms with van der Waals surface area (Å²) in [4.78, 5) is 0.960. The van der Waals surface area contributed by atoms with Crippen LogP contribution < -0.4 is 14.8 Å². The second-order valence-corrected chi connectivity index (χ2v) is 5.16. The van der Waals surface area contributed by atoms with Crippen molar-refractivity contribution < 1.29 is 13.9 Å². The average molecular weight is 295 g/mol. The molecule has 1 heterocycles. The van der Waals surface area contributed by atoms with Crippen LogP contribution in [0.15, 0.2) is 29.6 Å². The Morgan fingerprint density at radius 1 is 1.20 bits per heavy atom. The maximum absolute atomic E-state index is 14.5. The molecular weight excluding hydrogens is 277 g/mol. The van der Waals surface area contributed by atoms with Crippen LogP contribution in [-0.2, 0) is 0 Å². The van der Waals surface area contributed by atoms with Gasteiger partial charge in [0.2, 0.25) is 0 Å². The highest BCUT2D eigenvalue weighted by molar-refractivity contribution is 7.10. The average Bonchev–Trinajstić information content (AvgIpc) is 2.93. The molecule has 5 heteroatoms. The smallest absolute Gasteiger partial charge is 0.170 e. The van der Waals surface area contributed by atoms with Gasteiger partial charge < -0.3 is 14.8 Å². The molecule has 20 heavy (non-hydrogen) atoms. The summed E-state index contributed by atoms with van der Waals surface area (Å²) in [5.41, 5.74) is 0.562. The third-order valence-corrected chi connectivity index (χ3v) is 4.03. The first-order valence-electron chi connectivity index (χ1n) is 6.40. The van der Waals surface area contributed by atoms with Gasteiger partial charge in [0.05, 0.1) is 25.1 Å². The van der Waals surface area contributed by atoms with Crippen LogP contribution in [0.4, 0.5) is 4.39 Å². The molecule has 0 saturated heterocycles. The van der Waals surface area contributed by atoms with Gasteiger partial charge in [0.25, 0.3) is 0 Å². The van der Waals surface area contributed by atoms with Gasteiger partial charge in [-0.05, 0) is 24.1 Å². The SMILES string of the molecule is CCNC(c1cccc(OC)c1F)c1sccc1OC. The van der Waals surface area contributed by atoms with Crippen molar-refractivity contribution in [1.29, 1.82) is 0 Å². The van der Waals surface area contributed by atoms with E-state index in [4.69, 9.17) is 9.47 Å². The van der Waals surface area contributed by atoms with Crippen LogP contribution in [0.1, 0.15) is 23.4 Å². The summed E-state index contributed by atoms with van der Waals surface area (Å²) in [6.07, 6.45) is 0. The van der Waals surface area contributed by atoms with Crippen LogP contribution in [0.2, 0.25) is 0 Å². The number of nitrogens with one attached hydrogen (secondary N) is 1. The maximum atomic E-state index is 14.5. The molecule has 1 unspecified atom stereocenters. The van der Waals surface area contributed by atoms with E-state index in [-0.39, 0.29) is 17.6 Å². The normalized spacial score (nSPS) is 12.2. The summed E-state index contributed by atoms with van der Waals surface area (Å²) in [7, 11) is 3.09. The lowest BCUT2D eigenvalue weighted by Gasteiger charge is -2.20. The lowest BCUT2D eigenvalue weighted by Crippen LogP contribution is -2.22. The van der Waals surface area contributed by atoms with Gasteiger partial charge in [-0.1, -0.05) is 19.1 Å². The number of ether oxygens (including phenoxy) is 2. The van der Waals surface area contributed by atoms with Crippen molar-refractivity contribution in [2.75, 3.05) is 20.8 Å². The Kier molecular flexibility index (Phi) is 4.98. The fraction of sp³-hybridized carbons (Fsp3) is 0.333. The van der Waals surface area contributed by atoms with Crippen molar-refractivity contribution in [1.82, 2.24) is 5.32 Å². The largest absolute Gasteiger partial charge is 0.496 e. The zero-order chi connectivity index (χ0) is 14.5. The van der Waals surface area contributed by atoms with E-state index in [0.717, 1.165) is 17.2 Å². The molecule has 2 rings (SSSR count). The first kappa shape index (κ1) is 14.8. The highest BCUT2D eigenvalue weighted by atomic mass is 32.1. The summed E-state index contributed by atoms with van der Waals surface area (Å²) >= 11 is 1.54. The van der Waals surface area contributed by atoms with Gasteiger partial charge in [-0.3, -0.25) is 0 Å². The molecule has 1 N–H and O–H groups in total. The monoisotopic (exact) mass is 295 g/mol. The molecule has 1 aromatic carbocycles. The van der Waals surface area contributed by atoms with Crippen molar-refractivity contribution in [3.63, 3.8) is 0 Å². The van der Waals surface area contributed by atoms with Crippen LogP contribution in [0.3, 0.4) is 0 Å². The van der Waals surface area contributed by atoms with Crippen LogP contribution in [0, 0.1) is 5.82 Å². The van der Waals surface area contributed by atoms with E-state index in [1.807, 2.05) is 18.4 Å². The Balaban J connectivity index is 2.49. The van der Waals surface area contributed by atoms with E-state index in [9.17, 15) is 4.39 Å². The van der Waals surface area contributed by atoms with Gasteiger partial charge in [-0.15, -0.1) is 11.3 Å². The zero-order valence-electron chi connectivity index (χ0n) is 11.8. The minimum Gasteiger partial charge on any atom is -0.496 e. The first-order chi connectivity index (χ1) is 9.72. The molecule has 0 spiro atoms. The van der Waals surface area contributed by atoms with E-state index >= 15 is 0 Å². The summed E-state index contributed by atoms with van der Waals surface area (Å²) in [5.74, 6) is 0.681. The molecular formula is C15H18FNO2S. The third kappa shape index (κ3) is 2.78. The second-order valence-electron chi connectivity index (χ2n) is 4.21. The molecule has 1 atom stereocenters. The van der Waals surface area contributed by atoms with Crippen LogP contribution in [0.25, 0.3) is 0 Å². The number of methoxy groups -OCH3 is 2. The second kappa shape index (κ2) is 6.72. The standard InChI is InChI=1S/C15H18FNO2S/c1-4-17-14(15-12(19-3)8-9-20-15)10-6-5-7-11(18-2)13(10)16/h5-9,14,17H,4H2,1-3H3. The van der Waals surface area contributed by atoms with E-state index in [0.29, 0.717) is 5.56 Å². The van der Waals surface area contributed by atoms with Crippen molar-refractivity contribution in [3.8, 4) is 11.5 Å². The van der Waals surface area contributed by atoms with Gasteiger partial charge in [-0.25, -0.2) is 4.39 Å². The van der Waals surface area contributed by atoms with E-state index in [2.05, 4.69) is 5.32 Å². The summed E-state index contributed by atoms with van der Waals surface area (Å²) in [6, 6.07) is 6.83. The Labute approximate surface area is 122 Å². The number of hydrogen-bond acceptors (Lipinski definition) is 4. The van der Waals surface area contributed by atoms with Gasteiger partial charge in [0.15, 0.2) is 11.6 Å². The fourth-order valence-corrected chi connectivity index (χ4v) is 3.10. The van der Waals surface area contributed by atoms with Crippen LogP contribution in [-0.4, -0.2) is 20.8 Å². The van der Waals surface area contributed by atoms with Crippen molar-refractivity contribution in [3.05, 3.63) is 45.9 Å². The lowest BCUT2D eigenvalue weighted by atomic mass is 10.0. The zero-order valence-corrected chi connectivity index (χ0v) is 12.6. The fourth-order valence-electron chi connectivity index (χ4n) is 2.14. The molecule has 0 bridgehead atoms. The molecule has 0 amide bonds. The Morgan fingerprint density at radius 3 is 2.60 bits per heavy atom. The topological polar surface area (TPSA) is 30.5 Å². The number of rotatable bonds is 6. The molecule has 0 aliphatic heterocycles. The number of halogens is 1. The maximum Gasteiger partial charge on any atom is 0.170 e. The van der Waals surface area contributed by atoms with Crippen molar-refractivity contribution in [2.45, 2.75) is 13.0 Å². The Morgan fingerprint density at radius 2 is 1.95 bits per heavy atom. The Hall–Kier alpha value is -1.59. The molecule has 2 aromatic rings. The van der Waals surface area contributed by atoms with Crippen LogP contribution >= 0.6 is 11.3 Å². The molecule has 0 saturated carbocycles. The molecule has 0 radical (unpaired) electrons. The lowest BCUT2D eigenvalue weighted by molar-refractivity contribution is 0.380. The minimum atomic E-state index is -0.337. The van der Waals surface area contributed by atoms with Gasteiger partial charge >= 0.3 is 0 Å². The minimum absolute atomic E-state index is 0.245. The molecule has 1 aromatic heterocycles. The van der Waals surface area contributed by atoms with Gasteiger partial charge in [-0.2, -0.15) is 0 Å². The Bertz CT molecular complexity index is 571. The third-order valence-electron chi connectivity index (χ3n) is 3.07. The number of benzene rings is 1. The molecule has 108 valence electrons. The van der Waals surface area contributed by atoms with E-state index in [1.165, 1.54) is 7.11 Å². The summed E-state index contributed by atoms with van der Waals surface area (Å²) < 4.78 is 24.9. The summed E-state index contributed by atoms with van der Waals surface area (Å²) in [5, 5.41) is 5.24. The van der Waals surface area contributed by atoms with Crippen molar-refractivity contribution in [2.24, 2.45) is 0 Å². The van der Waals surface area contributed by atoms with Gasteiger partial charge in [0.1, 0.15) is 5.75 Å². The quantitative estimate of drug-likeness (QED) is 0.883. The van der Waals surface area contributed by atoms with Crippen molar-refractivity contribution >= 4 is 11.3 Å². The predicted octanol–water partition coefficient (Wildman–Crippen LogP) is 3.60. The van der Waals surface area contributed by atoms with E-state index < -0.39 is 0 Å². The number of hydrogen-bond donors (Lipinski definition) is 1. The van der Waals surface area contributed by atoms with Gasteiger partial charge in [0, 0.05) is 5.56 Å². The molecule has 0 aliphatic rings. The van der Waals surface area contributed by atoms with E-state index in [1.54, 1.807) is 36.6 Å². The number of thiophene rings is 1. The molecule has 3 nitrogen and oxygen atoms in total. The molecule has 0 aliphatic carbocycles. The summed E-state index contributed by atoms with van der Waals surface area (Å²) in [6.45, 7) is 2.72. The first-order valence-corrected chi connectivity index (χ1v) is 7.28. The van der Waals surface area contributed by atoms with Crippen LogP contribution in [0.5, 0.6) is 11.5 Å². The highest BCUT2D eigenvalue weighted by Gasteiger charge is 2.23. The highest BCUT2D eigenvalue weighted by Crippen LogP contribution is 2.37.